The summed E-state index contributed by atoms with van der Waals surface area (Å²) >= 11 is 1.47. The van der Waals surface area contributed by atoms with Gasteiger partial charge in [-0.05, 0) is 74.6 Å². The van der Waals surface area contributed by atoms with Crippen molar-refractivity contribution < 1.29 is 27.1 Å². The van der Waals surface area contributed by atoms with Gasteiger partial charge in [0.2, 0.25) is 11.8 Å². The molecule has 254 valence electrons. The van der Waals surface area contributed by atoms with Gasteiger partial charge in [-0.1, -0.05) is 67.6 Å². The van der Waals surface area contributed by atoms with E-state index in [1.54, 1.807) is 61.5 Å². The van der Waals surface area contributed by atoms with Crippen molar-refractivity contribution in [1.82, 2.24) is 10.2 Å². The highest BCUT2D eigenvalue weighted by Gasteiger charge is 2.36. The van der Waals surface area contributed by atoms with Crippen LogP contribution in [0.15, 0.2) is 113 Å². The molecule has 0 aliphatic heterocycles. The second-order valence-corrected chi connectivity index (χ2v) is 14.0. The lowest BCUT2D eigenvalue weighted by Gasteiger charge is -2.34. The Bertz CT molecular complexity index is 1770. The molecular weight excluding hydrogens is 650 g/mol. The Kier molecular flexibility index (Phi) is 13.0. The van der Waals surface area contributed by atoms with E-state index in [9.17, 15) is 18.0 Å². The Balaban J connectivity index is 1.85. The first-order valence-electron chi connectivity index (χ1n) is 15.8. The average molecular weight is 692 g/mol. The van der Waals surface area contributed by atoms with Gasteiger partial charge in [0.25, 0.3) is 10.0 Å². The first-order valence-corrected chi connectivity index (χ1v) is 18.5. The first kappa shape index (κ1) is 36.5. The Morgan fingerprint density at radius 2 is 1.54 bits per heavy atom. The summed E-state index contributed by atoms with van der Waals surface area (Å²) in [5, 5.41) is 2.98. The molecule has 0 aromatic heterocycles. The molecule has 4 aromatic carbocycles. The summed E-state index contributed by atoms with van der Waals surface area (Å²) in [5.41, 5.74) is 1.14. The number of carbonyl (C=O) groups is 2. The molecule has 48 heavy (non-hydrogen) atoms. The molecule has 2 atom stereocenters. The fraction of sp³-hybridized carbons (Fsp3) is 0.297. The standard InChI is InChI=1S/C37H42FN3O5S2/c1-5-27(3)39-37(43)34(24-28-14-8-7-9-15-28)40(25-29-16-10-11-17-32(29)38)36(42)26-41(33-18-12-13-19-35(33)46-6-2)48(44,45)31-22-20-30(47-4)21-23-31/h7-23,27,34H,5-6,24-26H2,1-4H3,(H,39,43)/t27-,34-/m1/s1. The summed E-state index contributed by atoms with van der Waals surface area (Å²) < 4.78 is 50.7. The molecular formula is C37H42FN3O5S2. The molecule has 4 aromatic rings. The zero-order valence-corrected chi connectivity index (χ0v) is 29.3. The molecule has 4 rings (SSSR count). The van der Waals surface area contributed by atoms with Crippen LogP contribution < -0.4 is 14.4 Å². The average Bonchev–Trinajstić information content (AvgIpc) is 3.10. The van der Waals surface area contributed by atoms with Crippen LogP contribution in [-0.4, -0.2) is 56.6 Å². The van der Waals surface area contributed by atoms with Crippen LogP contribution >= 0.6 is 11.8 Å². The van der Waals surface area contributed by atoms with Crippen LogP contribution in [0.3, 0.4) is 0 Å². The van der Waals surface area contributed by atoms with E-state index in [0.29, 0.717) is 6.42 Å². The zero-order chi connectivity index (χ0) is 34.7. The zero-order valence-electron chi connectivity index (χ0n) is 27.6. The highest BCUT2D eigenvalue weighted by Crippen LogP contribution is 2.33. The number of sulfonamides is 1. The fourth-order valence-electron chi connectivity index (χ4n) is 5.13. The molecule has 0 spiro atoms. The van der Waals surface area contributed by atoms with Gasteiger partial charge in [-0.15, -0.1) is 11.8 Å². The summed E-state index contributed by atoms with van der Waals surface area (Å²) in [4.78, 5) is 30.8. The Morgan fingerprint density at radius 1 is 0.896 bits per heavy atom. The third-order valence-electron chi connectivity index (χ3n) is 7.93. The quantitative estimate of drug-likeness (QED) is 0.132. The molecule has 0 heterocycles. The van der Waals surface area contributed by atoms with Crippen molar-refractivity contribution in [1.29, 1.82) is 0 Å². The van der Waals surface area contributed by atoms with Crippen molar-refractivity contribution in [3.63, 3.8) is 0 Å². The third-order valence-corrected chi connectivity index (χ3v) is 10.4. The monoisotopic (exact) mass is 691 g/mol. The summed E-state index contributed by atoms with van der Waals surface area (Å²) in [6, 6.07) is 27.0. The molecule has 0 radical (unpaired) electrons. The van der Waals surface area contributed by atoms with Gasteiger partial charge in [0.05, 0.1) is 17.2 Å². The van der Waals surface area contributed by atoms with Crippen LogP contribution in [0.5, 0.6) is 5.75 Å². The predicted molar refractivity (Wildman–Crippen MR) is 189 cm³/mol. The van der Waals surface area contributed by atoms with Gasteiger partial charge >= 0.3 is 0 Å². The number of amides is 2. The summed E-state index contributed by atoms with van der Waals surface area (Å²) in [7, 11) is -4.34. The van der Waals surface area contributed by atoms with Gasteiger partial charge in [-0.3, -0.25) is 13.9 Å². The minimum atomic E-state index is -4.34. The molecule has 11 heteroatoms. The van der Waals surface area contributed by atoms with E-state index in [2.05, 4.69) is 5.32 Å². The summed E-state index contributed by atoms with van der Waals surface area (Å²) in [6.07, 6.45) is 2.67. The van der Waals surface area contributed by atoms with E-state index < -0.39 is 40.2 Å². The molecule has 1 N–H and O–H groups in total. The van der Waals surface area contributed by atoms with E-state index in [4.69, 9.17) is 4.74 Å². The largest absolute Gasteiger partial charge is 0.492 e. The number of nitrogens with zero attached hydrogens (tertiary/aromatic N) is 2. The second-order valence-electron chi connectivity index (χ2n) is 11.2. The SMILES string of the molecule is CCOc1ccccc1N(CC(=O)N(Cc1ccccc1F)[C@H](Cc1ccccc1)C(=O)N[C@H](C)CC)S(=O)(=O)c1ccc(SC)cc1. The lowest BCUT2D eigenvalue weighted by molar-refractivity contribution is -0.140. The number of hydrogen-bond donors (Lipinski definition) is 1. The number of para-hydroxylation sites is 2. The van der Waals surface area contributed by atoms with E-state index >= 15 is 4.39 Å². The summed E-state index contributed by atoms with van der Waals surface area (Å²) in [5.74, 6) is -1.38. The number of ether oxygens (including phenoxy) is 1. The van der Waals surface area contributed by atoms with E-state index in [1.807, 2.05) is 50.4 Å². The molecule has 0 saturated carbocycles. The lowest BCUT2D eigenvalue weighted by Crippen LogP contribution is -2.54. The molecule has 2 amide bonds. The van der Waals surface area contributed by atoms with Gasteiger partial charge in [0, 0.05) is 29.5 Å². The molecule has 8 nitrogen and oxygen atoms in total. The van der Waals surface area contributed by atoms with Crippen LogP contribution in [0.1, 0.15) is 38.3 Å². The second kappa shape index (κ2) is 17.2. The van der Waals surface area contributed by atoms with Gasteiger partial charge in [0.15, 0.2) is 0 Å². The van der Waals surface area contributed by atoms with E-state index in [0.717, 1.165) is 14.8 Å². The molecule has 0 saturated heterocycles. The molecule has 0 bridgehead atoms. The van der Waals surface area contributed by atoms with Crippen molar-refractivity contribution in [3.05, 3.63) is 120 Å². The van der Waals surface area contributed by atoms with Crippen LogP contribution in [-0.2, 0) is 32.6 Å². The van der Waals surface area contributed by atoms with Crippen molar-refractivity contribution in [2.75, 3.05) is 23.7 Å². The number of anilines is 1. The number of benzene rings is 4. The number of halogens is 1. The normalized spacial score (nSPS) is 12.5. The first-order chi connectivity index (χ1) is 23.1. The number of nitrogens with one attached hydrogen (secondary N) is 1. The van der Waals surface area contributed by atoms with Crippen LogP contribution in [0.4, 0.5) is 10.1 Å². The third kappa shape index (κ3) is 9.17. The lowest BCUT2D eigenvalue weighted by atomic mass is 10.0. The van der Waals surface area contributed by atoms with Crippen LogP contribution in [0.25, 0.3) is 0 Å². The maximum atomic E-state index is 15.1. The van der Waals surface area contributed by atoms with Gasteiger partial charge in [0.1, 0.15) is 24.2 Å². The topological polar surface area (TPSA) is 96.0 Å². The van der Waals surface area contributed by atoms with Gasteiger partial charge in [-0.2, -0.15) is 0 Å². The Labute approximate surface area is 287 Å². The van der Waals surface area contributed by atoms with Crippen molar-refractivity contribution in [2.45, 2.75) is 62.0 Å². The van der Waals surface area contributed by atoms with Gasteiger partial charge in [-0.25, -0.2) is 12.8 Å². The number of hydrogen-bond acceptors (Lipinski definition) is 6. The summed E-state index contributed by atoms with van der Waals surface area (Å²) in [6.45, 7) is 4.90. The van der Waals surface area contributed by atoms with Gasteiger partial charge < -0.3 is 15.0 Å². The maximum absolute atomic E-state index is 15.1. The van der Waals surface area contributed by atoms with Crippen LogP contribution in [0, 0.1) is 5.82 Å². The van der Waals surface area contributed by atoms with Crippen molar-refractivity contribution in [3.8, 4) is 5.75 Å². The molecule has 0 aliphatic rings. The Hall–Kier alpha value is -4.35. The highest BCUT2D eigenvalue weighted by atomic mass is 32.2. The van der Waals surface area contributed by atoms with Crippen LogP contribution in [0.2, 0.25) is 0 Å². The predicted octanol–water partition coefficient (Wildman–Crippen LogP) is 6.70. The Morgan fingerprint density at radius 3 is 2.19 bits per heavy atom. The number of rotatable bonds is 16. The van der Waals surface area contributed by atoms with Crippen molar-refractivity contribution >= 4 is 39.3 Å². The highest BCUT2D eigenvalue weighted by molar-refractivity contribution is 7.98. The number of carbonyl (C=O) groups excluding carboxylic acids is 2. The van der Waals surface area contributed by atoms with Crippen molar-refractivity contribution in [2.24, 2.45) is 0 Å². The fourth-order valence-corrected chi connectivity index (χ4v) is 6.97. The maximum Gasteiger partial charge on any atom is 0.264 e. The minimum absolute atomic E-state index is 0.0181. The molecule has 0 aliphatic carbocycles. The minimum Gasteiger partial charge on any atom is -0.492 e. The molecule has 0 fully saturated rings. The van der Waals surface area contributed by atoms with E-state index in [1.165, 1.54) is 34.9 Å². The molecule has 0 unspecified atom stereocenters. The number of thioether (sulfide) groups is 1. The van der Waals surface area contributed by atoms with E-state index in [-0.39, 0.29) is 47.5 Å². The smallest absolute Gasteiger partial charge is 0.264 e.